The normalized spacial score (nSPS) is 21.3. The van der Waals surface area contributed by atoms with Gasteiger partial charge in [-0.15, -0.1) is 0 Å². The number of ether oxygens (including phenoxy) is 2. The van der Waals surface area contributed by atoms with Gasteiger partial charge in [-0.1, -0.05) is 13.8 Å². The number of carbonyl (C=O) groups is 2. The SMILES string of the molecule is COc1ccc(C(=O)OC(C)C(=O)N(C)C)cc1S(=O)(=O)N1CC(C)CC(C)C1. The molecule has 3 atom stereocenters. The quantitative estimate of drug-likeness (QED) is 0.646. The van der Waals surface area contributed by atoms with Gasteiger partial charge in [0.15, 0.2) is 6.10 Å². The highest BCUT2D eigenvalue weighted by Crippen LogP contribution is 2.32. The maximum absolute atomic E-state index is 13.3. The molecule has 0 N–H and O–H groups in total. The summed E-state index contributed by atoms with van der Waals surface area (Å²) in [5, 5.41) is 0. The van der Waals surface area contributed by atoms with Crippen molar-refractivity contribution in [2.45, 2.75) is 38.2 Å². The highest BCUT2D eigenvalue weighted by atomic mass is 32.2. The van der Waals surface area contributed by atoms with Crippen LogP contribution in [0.4, 0.5) is 0 Å². The summed E-state index contributed by atoms with van der Waals surface area (Å²) in [6, 6.07) is 4.11. The Morgan fingerprint density at radius 1 is 1.17 bits per heavy atom. The van der Waals surface area contributed by atoms with Crippen LogP contribution < -0.4 is 4.74 Å². The van der Waals surface area contributed by atoms with Crippen molar-refractivity contribution in [1.82, 2.24) is 9.21 Å². The van der Waals surface area contributed by atoms with Gasteiger partial charge in [-0.2, -0.15) is 4.31 Å². The van der Waals surface area contributed by atoms with E-state index in [1.54, 1.807) is 14.1 Å². The maximum Gasteiger partial charge on any atom is 0.338 e. The second kappa shape index (κ2) is 9.13. The van der Waals surface area contributed by atoms with Crippen LogP contribution in [0.5, 0.6) is 5.75 Å². The molecule has 29 heavy (non-hydrogen) atoms. The molecule has 1 heterocycles. The second-order valence-electron chi connectivity index (χ2n) is 7.91. The Kier molecular flexibility index (Phi) is 7.29. The summed E-state index contributed by atoms with van der Waals surface area (Å²) in [5.41, 5.74) is 0.0425. The highest BCUT2D eigenvalue weighted by Gasteiger charge is 2.34. The van der Waals surface area contributed by atoms with Crippen LogP contribution in [0.15, 0.2) is 23.1 Å². The lowest BCUT2D eigenvalue weighted by atomic mass is 9.94. The molecule has 1 aromatic carbocycles. The van der Waals surface area contributed by atoms with Crippen LogP contribution in [0.1, 0.15) is 37.6 Å². The van der Waals surface area contributed by atoms with Crippen LogP contribution >= 0.6 is 0 Å². The fourth-order valence-corrected chi connectivity index (χ4v) is 5.45. The van der Waals surface area contributed by atoms with Crippen molar-refractivity contribution >= 4 is 21.9 Å². The lowest BCUT2D eigenvalue weighted by molar-refractivity contribution is -0.137. The van der Waals surface area contributed by atoms with E-state index in [9.17, 15) is 18.0 Å². The van der Waals surface area contributed by atoms with E-state index in [1.807, 2.05) is 13.8 Å². The van der Waals surface area contributed by atoms with Crippen LogP contribution in [-0.2, 0) is 19.6 Å². The van der Waals surface area contributed by atoms with Crippen LogP contribution in [0.3, 0.4) is 0 Å². The number of esters is 1. The van der Waals surface area contributed by atoms with Crippen molar-refractivity contribution in [1.29, 1.82) is 0 Å². The van der Waals surface area contributed by atoms with Gasteiger partial charge in [-0.3, -0.25) is 4.79 Å². The van der Waals surface area contributed by atoms with E-state index in [0.717, 1.165) is 6.42 Å². The van der Waals surface area contributed by atoms with E-state index in [0.29, 0.717) is 13.1 Å². The van der Waals surface area contributed by atoms with Crippen LogP contribution in [0.2, 0.25) is 0 Å². The van der Waals surface area contributed by atoms with E-state index < -0.39 is 22.1 Å². The minimum absolute atomic E-state index is 0.0425. The lowest BCUT2D eigenvalue weighted by Crippen LogP contribution is -2.42. The van der Waals surface area contributed by atoms with E-state index in [-0.39, 0.29) is 34.0 Å². The van der Waals surface area contributed by atoms with Crippen LogP contribution in [-0.4, -0.2) is 69.9 Å². The third-order valence-electron chi connectivity index (χ3n) is 4.92. The van der Waals surface area contributed by atoms with Crippen molar-refractivity contribution < 1.29 is 27.5 Å². The average Bonchev–Trinajstić information content (AvgIpc) is 2.65. The van der Waals surface area contributed by atoms with Gasteiger partial charge in [0.25, 0.3) is 5.91 Å². The summed E-state index contributed by atoms with van der Waals surface area (Å²) in [7, 11) is 0.643. The monoisotopic (exact) mass is 426 g/mol. The summed E-state index contributed by atoms with van der Waals surface area (Å²) >= 11 is 0. The largest absolute Gasteiger partial charge is 0.495 e. The summed E-state index contributed by atoms with van der Waals surface area (Å²) in [6.07, 6.45) is -0.0173. The molecule has 0 aromatic heterocycles. The Morgan fingerprint density at radius 2 is 1.76 bits per heavy atom. The number of benzene rings is 1. The zero-order valence-electron chi connectivity index (χ0n) is 17.8. The number of sulfonamides is 1. The summed E-state index contributed by atoms with van der Waals surface area (Å²) < 4.78 is 38.5. The third-order valence-corrected chi connectivity index (χ3v) is 6.78. The van der Waals surface area contributed by atoms with E-state index >= 15 is 0 Å². The highest BCUT2D eigenvalue weighted by molar-refractivity contribution is 7.89. The van der Waals surface area contributed by atoms with Crippen molar-refractivity contribution in [3.63, 3.8) is 0 Å². The number of carbonyl (C=O) groups excluding carboxylic acids is 2. The molecular formula is C20H30N2O6S. The number of rotatable bonds is 6. The second-order valence-corrected chi connectivity index (χ2v) is 9.82. The first kappa shape index (κ1) is 23.2. The van der Waals surface area contributed by atoms with Crippen molar-refractivity contribution in [3.8, 4) is 5.75 Å². The molecule has 1 saturated heterocycles. The Hall–Kier alpha value is -2.13. The van der Waals surface area contributed by atoms with Gasteiger partial charge in [0.05, 0.1) is 12.7 Å². The molecule has 3 unspecified atom stereocenters. The smallest absolute Gasteiger partial charge is 0.338 e. The fourth-order valence-electron chi connectivity index (χ4n) is 3.59. The Bertz CT molecular complexity index is 858. The molecule has 0 spiro atoms. The molecule has 0 aliphatic carbocycles. The summed E-state index contributed by atoms with van der Waals surface area (Å²) in [4.78, 5) is 25.7. The van der Waals surface area contributed by atoms with E-state index in [1.165, 1.54) is 41.4 Å². The van der Waals surface area contributed by atoms with Crippen molar-refractivity contribution in [2.24, 2.45) is 11.8 Å². The zero-order chi connectivity index (χ0) is 21.9. The minimum atomic E-state index is -3.86. The van der Waals surface area contributed by atoms with Crippen LogP contribution in [0, 0.1) is 11.8 Å². The maximum atomic E-state index is 13.3. The third kappa shape index (κ3) is 5.27. The molecule has 1 amide bonds. The minimum Gasteiger partial charge on any atom is -0.495 e. The first-order valence-corrected chi connectivity index (χ1v) is 11.0. The molecule has 0 bridgehead atoms. The molecule has 1 fully saturated rings. The standard InChI is InChI=1S/C20H30N2O6S/c1-13-9-14(2)12-22(11-13)29(25,26)18-10-16(7-8-17(18)27-6)20(24)28-15(3)19(23)21(4)5/h7-8,10,13-15H,9,11-12H2,1-6H3. The summed E-state index contributed by atoms with van der Waals surface area (Å²) in [5.74, 6) is -0.496. The van der Waals surface area contributed by atoms with E-state index in [2.05, 4.69) is 0 Å². The van der Waals surface area contributed by atoms with Gasteiger partial charge >= 0.3 is 5.97 Å². The molecule has 2 rings (SSSR count). The average molecular weight is 427 g/mol. The first-order chi connectivity index (χ1) is 13.5. The van der Waals surface area contributed by atoms with Crippen LogP contribution in [0.25, 0.3) is 0 Å². The number of piperidine rings is 1. The fraction of sp³-hybridized carbons (Fsp3) is 0.600. The Labute approximate surface area is 172 Å². The molecule has 0 saturated carbocycles. The predicted octanol–water partition coefficient (Wildman–Crippen LogP) is 2.00. The van der Waals surface area contributed by atoms with Gasteiger partial charge in [0.1, 0.15) is 10.6 Å². The lowest BCUT2D eigenvalue weighted by Gasteiger charge is -2.34. The van der Waals surface area contributed by atoms with Gasteiger partial charge in [-0.25, -0.2) is 13.2 Å². The van der Waals surface area contributed by atoms with Crippen molar-refractivity contribution in [3.05, 3.63) is 23.8 Å². The molecule has 1 aliphatic rings. The topological polar surface area (TPSA) is 93.2 Å². The zero-order valence-corrected chi connectivity index (χ0v) is 18.7. The number of amides is 1. The number of nitrogens with zero attached hydrogens (tertiary/aromatic N) is 2. The molecule has 9 heteroatoms. The number of hydrogen-bond acceptors (Lipinski definition) is 6. The number of hydrogen-bond donors (Lipinski definition) is 0. The van der Waals surface area contributed by atoms with Gasteiger partial charge < -0.3 is 14.4 Å². The Balaban J connectivity index is 2.35. The van der Waals surface area contributed by atoms with Crippen molar-refractivity contribution in [2.75, 3.05) is 34.3 Å². The Morgan fingerprint density at radius 3 is 2.28 bits per heavy atom. The predicted molar refractivity (Wildman–Crippen MR) is 108 cm³/mol. The molecule has 1 aromatic rings. The van der Waals surface area contributed by atoms with Gasteiger partial charge in [-0.05, 0) is 43.4 Å². The van der Waals surface area contributed by atoms with Gasteiger partial charge in [0, 0.05) is 27.2 Å². The molecule has 8 nitrogen and oxygen atoms in total. The number of likely N-dealkylation sites (N-methyl/N-ethyl adjacent to an activating group) is 1. The first-order valence-electron chi connectivity index (χ1n) is 9.57. The van der Waals surface area contributed by atoms with Gasteiger partial charge in [0.2, 0.25) is 10.0 Å². The summed E-state index contributed by atoms with van der Waals surface area (Å²) in [6.45, 7) is 6.34. The molecular weight excluding hydrogens is 396 g/mol. The molecule has 0 radical (unpaired) electrons. The van der Waals surface area contributed by atoms with E-state index in [4.69, 9.17) is 9.47 Å². The molecule has 1 aliphatic heterocycles. The molecule has 162 valence electrons. The number of methoxy groups -OCH3 is 1.